The molecule has 0 aliphatic carbocycles. The van der Waals surface area contributed by atoms with Gasteiger partial charge in [-0.15, -0.1) is 0 Å². The minimum Gasteiger partial charge on any atom is -0.497 e. The average Bonchev–Trinajstić information content (AvgIpc) is 2.73. The van der Waals surface area contributed by atoms with Gasteiger partial charge in [0, 0.05) is 24.7 Å². The molecule has 1 fully saturated rings. The number of carbonyl (C=O) groups excluding carboxylic acids is 1. The molecular formula is C21H27N3O4. The molecule has 2 aromatic rings. The average molecular weight is 385 g/mol. The van der Waals surface area contributed by atoms with Gasteiger partial charge in [-0.2, -0.15) is 5.10 Å². The van der Waals surface area contributed by atoms with Gasteiger partial charge in [-0.25, -0.2) is 4.68 Å². The molecule has 1 saturated heterocycles. The van der Waals surface area contributed by atoms with E-state index in [1.165, 1.54) is 17.9 Å². The van der Waals surface area contributed by atoms with Crippen LogP contribution >= 0.6 is 0 Å². The molecule has 28 heavy (non-hydrogen) atoms. The highest BCUT2D eigenvalue weighted by Gasteiger charge is 2.27. The summed E-state index contributed by atoms with van der Waals surface area (Å²) in [6.07, 6.45) is 1.97. The summed E-state index contributed by atoms with van der Waals surface area (Å²) in [5.74, 6) is 1.65. The van der Waals surface area contributed by atoms with E-state index < -0.39 is 6.04 Å². The van der Waals surface area contributed by atoms with Crippen molar-refractivity contribution < 1.29 is 14.3 Å². The number of likely N-dealkylation sites (tertiary alicyclic amines) is 1. The second kappa shape index (κ2) is 8.46. The van der Waals surface area contributed by atoms with Crippen molar-refractivity contribution in [1.82, 2.24) is 14.7 Å². The summed E-state index contributed by atoms with van der Waals surface area (Å²) in [4.78, 5) is 27.3. The first-order valence-electron chi connectivity index (χ1n) is 9.55. The quantitative estimate of drug-likeness (QED) is 0.791. The maximum absolute atomic E-state index is 12.9. The first-order valence-corrected chi connectivity index (χ1v) is 9.55. The number of nitrogens with zero attached hydrogens (tertiary/aromatic N) is 3. The van der Waals surface area contributed by atoms with E-state index in [-0.39, 0.29) is 11.5 Å². The molecule has 0 radical (unpaired) electrons. The Kier molecular flexibility index (Phi) is 6.02. The molecule has 150 valence electrons. The Labute approximate surface area is 164 Å². The van der Waals surface area contributed by atoms with Crippen molar-refractivity contribution in [2.75, 3.05) is 27.3 Å². The van der Waals surface area contributed by atoms with Crippen LogP contribution in [0.25, 0.3) is 11.3 Å². The Morgan fingerprint density at radius 1 is 1.14 bits per heavy atom. The van der Waals surface area contributed by atoms with Crippen LogP contribution in [0.3, 0.4) is 0 Å². The Morgan fingerprint density at radius 3 is 2.36 bits per heavy atom. The third-order valence-corrected chi connectivity index (χ3v) is 5.32. The van der Waals surface area contributed by atoms with E-state index in [1.54, 1.807) is 14.0 Å². The fourth-order valence-corrected chi connectivity index (χ4v) is 3.43. The Bertz CT molecular complexity index is 884. The Balaban J connectivity index is 1.94. The first kappa shape index (κ1) is 19.9. The summed E-state index contributed by atoms with van der Waals surface area (Å²) in [6, 6.07) is 8.02. The number of methoxy groups -OCH3 is 2. The summed E-state index contributed by atoms with van der Waals surface area (Å²) >= 11 is 0. The van der Waals surface area contributed by atoms with Gasteiger partial charge >= 0.3 is 0 Å². The molecule has 0 saturated carbocycles. The molecule has 0 N–H and O–H groups in total. The van der Waals surface area contributed by atoms with Crippen LogP contribution in [-0.4, -0.2) is 47.9 Å². The largest absolute Gasteiger partial charge is 0.497 e. The number of piperidine rings is 1. The van der Waals surface area contributed by atoms with Gasteiger partial charge in [-0.1, -0.05) is 6.92 Å². The van der Waals surface area contributed by atoms with Crippen molar-refractivity contribution in [1.29, 1.82) is 0 Å². The summed E-state index contributed by atoms with van der Waals surface area (Å²) in [6.45, 7) is 5.36. The van der Waals surface area contributed by atoms with E-state index in [2.05, 4.69) is 12.0 Å². The molecule has 1 aliphatic heterocycles. The molecule has 7 heteroatoms. The smallest absolute Gasteiger partial charge is 0.271 e. The van der Waals surface area contributed by atoms with E-state index in [1.807, 2.05) is 29.2 Å². The molecule has 0 spiro atoms. The van der Waals surface area contributed by atoms with Gasteiger partial charge in [-0.05, 0) is 49.9 Å². The zero-order chi connectivity index (χ0) is 20.3. The van der Waals surface area contributed by atoms with Gasteiger partial charge in [-0.3, -0.25) is 9.59 Å². The van der Waals surface area contributed by atoms with Gasteiger partial charge in [0.2, 0.25) is 5.91 Å². The van der Waals surface area contributed by atoms with E-state index >= 15 is 0 Å². The van der Waals surface area contributed by atoms with Gasteiger partial charge in [0.15, 0.2) is 5.75 Å². The van der Waals surface area contributed by atoms with Crippen LogP contribution in [0.2, 0.25) is 0 Å². The van der Waals surface area contributed by atoms with Crippen molar-refractivity contribution in [2.24, 2.45) is 5.92 Å². The van der Waals surface area contributed by atoms with Gasteiger partial charge in [0.1, 0.15) is 17.5 Å². The summed E-state index contributed by atoms with van der Waals surface area (Å²) in [5, 5.41) is 4.49. The molecule has 1 amide bonds. The van der Waals surface area contributed by atoms with Crippen molar-refractivity contribution >= 4 is 5.91 Å². The number of amides is 1. The molecule has 3 rings (SSSR count). The van der Waals surface area contributed by atoms with Crippen molar-refractivity contribution in [2.45, 2.75) is 32.7 Å². The minimum absolute atomic E-state index is 0.0765. The molecule has 1 aliphatic rings. The predicted octanol–water partition coefficient (Wildman–Crippen LogP) is 2.75. The summed E-state index contributed by atoms with van der Waals surface area (Å²) in [5.41, 5.74) is 0.926. The second-order valence-electron chi connectivity index (χ2n) is 7.26. The number of hydrogen-bond acceptors (Lipinski definition) is 5. The van der Waals surface area contributed by atoms with Crippen LogP contribution in [0.1, 0.15) is 32.7 Å². The van der Waals surface area contributed by atoms with Crippen molar-refractivity contribution in [3.63, 3.8) is 0 Å². The van der Waals surface area contributed by atoms with Crippen LogP contribution < -0.4 is 15.0 Å². The summed E-state index contributed by atoms with van der Waals surface area (Å²) < 4.78 is 11.8. The standard InChI is InChI=1S/C21H27N3O4/c1-14-9-11-23(12-10-14)21(26)15(2)24-19(25)13-18(28-4)20(22-24)16-5-7-17(27-3)8-6-16/h5-8,13-15H,9-12H2,1-4H3. The molecule has 7 nitrogen and oxygen atoms in total. The number of aromatic nitrogens is 2. The van der Waals surface area contributed by atoms with Crippen molar-refractivity contribution in [3.05, 3.63) is 40.7 Å². The van der Waals surface area contributed by atoms with E-state index in [4.69, 9.17) is 9.47 Å². The molecular weight excluding hydrogens is 358 g/mol. The number of carbonyl (C=O) groups is 1. The van der Waals surface area contributed by atoms with Gasteiger partial charge < -0.3 is 14.4 Å². The molecule has 0 bridgehead atoms. The fourth-order valence-electron chi connectivity index (χ4n) is 3.43. The highest BCUT2D eigenvalue weighted by atomic mass is 16.5. The van der Waals surface area contributed by atoms with Crippen molar-refractivity contribution in [3.8, 4) is 22.8 Å². The second-order valence-corrected chi connectivity index (χ2v) is 7.26. The lowest BCUT2D eigenvalue weighted by Gasteiger charge is -2.32. The Hall–Kier alpha value is -2.83. The third-order valence-electron chi connectivity index (χ3n) is 5.32. The van der Waals surface area contributed by atoms with Crippen LogP contribution in [0.5, 0.6) is 11.5 Å². The highest BCUT2D eigenvalue weighted by molar-refractivity contribution is 5.80. The number of hydrogen-bond donors (Lipinski definition) is 0. The minimum atomic E-state index is -0.677. The molecule has 1 aromatic carbocycles. The van der Waals surface area contributed by atoms with E-state index in [0.717, 1.165) is 37.2 Å². The molecule has 1 unspecified atom stereocenters. The predicted molar refractivity (Wildman–Crippen MR) is 107 cm³/mol. The lowest BCUT2D eigenvalue weighted by Crippen LogP contribution is -2.43. The van der Waals surface area contributed by atoms with Crippen LogP contribution in [0.4, 0.5) is 0 Å². The van der Waals surface area contributed by atoms with Gasteiger partial charge in [0.25, 0.3) is 5.56 Å². The third kappa shape index (κ3) is 4.03. The maximum Gasteiger partial charge on any atom is 0.271 e. The normalized spacial score (nSPS) is 15.9. The number of benzene rings is 1. The first-order chi connectivity index (χ1) is 13.4. The zero-order valence-corrected chi connectivity index (χ0v) is 16.8. The topological polar surface area (TPSA) is 73.7 Å². The maximum atomic E-state index is 12.9. The van der Waals surface area contributed by atoms with Crippen LogP contribution in [0.15, 0.2) is 35.1 Å². The lowest BCUT2D eigenvalue weighted by atomic mass is 9.99. The van der Waals surface area contributed by atoms with Gasteiger partial charge in [0.05, 0.1) is 14.2 Å². The van der Waals surface area contributed by atoms with E-state index in [0.29, 0.717) is 17.4 Å². The SMILES string of the molecule is COc1ccc(-c2nn(C(C)C(=O)N3CCC(C)CC3)c(=O)cc2OC)cc1. The zero-order valence-electron chi connectivity index (χ0n) is 16.8. The lowest BCUT2D eigenvalue weighted by molar-refractivity contribution is -0.136. The summed E-state index contributed by atoms with van der Waals surface area (Å²) in [7, 11) is 3.10. The van der Waals surface area contributed by atoms with E-state index in [9.17, 15) is 9.59 Å². The fraction of sp³-hybridized carbons (Fsp3) is 0.476. The Morgan fingerprint density at radius 2 is 1.79 bits per heavy atom. The molecule has 1 atom stereocenters. The molecule has 2 heterocycles. The number of rotatable bonds is 5. The monoisotopic (exact) mass is 385 g/mol. The van der Waals surface area contributed by atoms with Crippen LogP contribution in [-0.2, 0) is 4.79 Å². The highest BCUT2D eigenvalue weighted by Crippen LogP contribution is 2.28. The molecule has 1 aromatic heterocycles. The number of ether oxygens (including phenoxy) is 2. The van der Waals surface area contributed by atoms with Crippen LogP contribution in [0, 0.1) is 5.92 Å².